The van der Waals surface area contributed by atoms with Gasteiger partial charge in [0.05, 0.1) is 38.1 Å². The van der Waals surface area contributed by atoms with Crippen molar-refractivity contribution in [2.24, 2.45) is 0 Å². The van der Waals surface area contributed by atoms with E-state index in [9.17, 15) is 5.11 Å². The second-order valence-corrected chi connectivity index (χ2v) is 8.30. The Labute approximate surface area is 181 Å². The SMILES string of the molecule is COc1cc2nc(-c3ccsc3)cc(OCCCN3CCC(O)CC3)c2cc1OC. The summed E-state index contributed by atoms with van der Waals surface area (Å²) >= 11 is 1.65. The van der Waals surface area contributed by atoms with E-state index in [2.05, 4.69) is 16.3 Å². The second kappa shape index (κ2) is 9.64. The Morgan fingerprint density at radius 2 is 1.87 bits per heavy atom. The standard InChI is InChI=1S/C23H28N2O4S/c1-27-22-12-18-20(14-23(22)28-2)24-19(16-6-11-30-15-16)13-21(18)29-10-3-7-25-8-4-17(26)5-9-25/h6,11-15,17,26H,3-5,7-10H2,1-2H3. The Kier molecular flexibility index (Phi) is 6.72. The number of benzene rings is 1. The number of hydrogen-bond donors (Lipinski definition) is 1. The lowest BCUT2D eigenvalue weighted by atomic mass is 10.1. The summed E-state index contributed by atoms with van der Waals surface area (Å²) in [5, 5.41) is 14.7. The molecule has 0 unspecified atom stereocenters. The molecule has 2 aromatic heterocycles. The van der Waals surface area contributed by atoms with E-state index >= 15 is 0 Å². The van der Waals surface area contributed by atoms with Gasteiger partial charge in [-0.3, -0.25) is 0 Å². The Morgan fingerprint density at radius 3 is 2.57 bits per heavy atom. The van der Waals surface area contributed by atoms with E-state index in [0.717, 1.165) is 66.8 Å². The molecule has 30 heavy (non-hydrogen) atoms. The number of piperidine rings is 1. The first kappa shape index (κ1) is 20.9. The van der Waals surface area contributed by atoms with Gasteiger partial charge in [0.2, 0.25) is 0 Å². The molecule has 3 aromatic rings. The molecule has 0 amide bonds. The third-order valence-corrected chi connectivity index (χ3v) is 6.21. The molecule has 3 heterocycles. The summed E-state index contributed by atoms with van der Waals surface area (Å²) in [4.78, 5) is 7.22. The average molecular weight is 429 g/mol. The monoisotopic (exact) mass is 428 g/mol. The molecule has 6 nitrogen and oxygen atoms in total. The molecule has 0 bridgehead atoms. The summed E-state index contributed by atoms with van der Waals surface area (Å²) in [6.07, 6.45) is 2.52. The predicted molar refractivity (Wildman–Crippen MR) is 120 cm³/mol. The van der Waals surface area contributed by atoms with Gasteiger partial charge in [0.15, 0.2) is 11.5 Å². The number of nitrogens with zero attached hydrogens (tertiary/aromatic N) is 2. The van der Waals surface area contributed by atoms with Gasteiger partial charge in [0, 0.05) is 48.1 Å². The fraction of sp³-hybridized carbons (Fsp3) is 0.435. The summed E-state index contributed by atoms with van der Waals surface area (Å²) in [6, 6.07) is 7.90. The van der Waals surface area contributed by atoms with E-state index in [0.29, 0.717) is 18.1 Å². The molecule has 7 heteroatoms. The van der Waals surface area contributed by atoms with Crippen molar-refractivity contribution >= 4 is 22.2 Å². The zero-order chi connectivity index (χ0) is 20.9. The summed E-state index contributed by atoms with van der Waals surface area (Å²) in [6.45, 7) is 3.51. The molecule has 0 saturated carbocycles. The van der Waals surface area contributed by atoms with Crippen LogP contribution in [0.4, 0.5) is 0 Å². The van der Waals surface area contributed by atoms with Crippen molar-refractivity contribution < 1.29 is 19.3 Å². The first-order valence-electron chi connectivity index (χ1n) is 10.3. The van der Waals surface area contributed by atoms with Crippen molar-refractivity contribution in [3.63, 3.8) is 0 Å². The Bertz CT molecular complexity index is 969. The zero-order valence-electron chi connectivity index (χ0n) is 17.5. The van der Waals surface area contributed by atoms with Crippen molar-refractivity contribution in [2.75, 3.05) is 40.5 Å². The topological polar surface area (TPSA) is 64.1 Å². The Hall–Kier alpha value is -2.35. The lowest BCUT2D eigenvalue weighted by Crippen LogP contribution is -2.36. The number of aromatic nitrogens is 1. The Morgan fingerprint density at radius 1 is 1.10 bits per heavy atom. The lowest BCUT2D eigenvalue weighted by molar-refractivity contribution is 0.0800. The van der Waals surface area contributed by atoms with E-state index < -0.39 is 0 Å². The lowest BCUT2D eigenvalue weighted by Gasteiger charge is -2.29. The van der Waals surface area contributed by atoms with Crippen molar-refractivity contribution in [3.8, 4) is 28.5 Å². The number of methoxy groups -OCH3 is 2. The normalized spacial score (nSPS) is 15.4. The van der Waals surface area contributed by atoms with E-state index in [1.807, 2.05) is 23.6 Å². The second-order valence-electron chi connectivity index (χ2n) is 7.52. The minimum absolute atomic E-state index is 0.136. The number of hydrogen-bond acceptors (Lipinski definition) is 7. The number of aliphatic hydroxyl groups is 1. The van der Waals surface area contributed by atoms with Crippen molar-refractivity contribution in [2.45, 2.75) is 25.4 Å². The number of ether oxygens (including phenoxy) is 3. The van der Waals surface area contributed by atoms with Gasteiger partial charge in [0.1, 0.15) is 5.75 Å². The molecule has 4 rings (SSSR count). The van der Waals surface area contributed by atoms with Crippen LogP contribution in [0, 0.1) is 0 Å². The molecule has 1 N–H and O–H groups in total. The van der Waals surface area contributed by atoms with Crippen LogP contribution in [0.2, 0.25) is 0 Å². The van der Waals surface area contributed by atoms with Crippen LogP contribution < -0.4 is 14.2 Å². The van der Waals surface area contributed by atoms with Crippen LogP contribution in [0.15, 0.2) is 35.0 Å². The first-order chi connectivity index (χ1) is 14.7. The maximum Gasteiger partial charge on any atom is 0.162 e. The molecule has 1 aliphatic rings. The minimum atomic E-state index is -0.136. The van der Waals surface area contributed by atoms with Gasteiger partial charge < -0.3 is 24.2 Å². The molecule has 160 valence electrons. The van der Waals surface area contributed by atoms with E-state index in [1.54, 1.807) is 25.6 Å². The third kappa shape index (κ3) is 4.69. The van der Waals surface area contributed by atoms with Gasteiger partial charge in [-0.25, -0.2) is 4.98 Å². The zero-order valence-corrected chi connectivity index (χ0v) is 18.3. The van der Waals surface area contributed by atoms with Gasteiger partial charge >= 0.3 is 0 Å². The van der Waals surface area contributed by atoms with Gasteiger partial charge in [0.25, 0.3) is 0 Å². The number of fused-ring (bicyclic) bond motifs is 1. The predicted octanol–water partition coefficient (Wildman–Crippen LogP) is 4.21. The minimum Gasteiger partial charge on any atom is -0.493 e. The van der Waals surface area contributed by atoms with Crippen LogP contribution in [-0.4, -0.2) is 61.6 Å². The van der Waals surface area contributed by atoms with Crippen LogP contribution in [0.5, 0.6) is 17.2 Å². The summed E-state index contributed by atoms with van der Waals surface area (Å²) in [5.74, 6) is 2.11. The number of aliphatic hydroxyl groups excluding tert-OH is 1. The summed E-state index contributed by atoms with van der Waals surface area (Å²) < 4.78 is 17.2. The highest BCUT2D eigenvalue weighted by molar-refractivity contribution is 7.08. The highest BCUT2D eigenvalue weighted by Gasteiger charge is 2.17. The summed E-state index contributed by atoms with van der Waals surface area (Å²) in [7, 11) is 3.26. The van der Waals surface area contributed by atoms with Gasteiger partial charge in [-0.1, -0.05) is 0 Å². The average Bonchev–Trinajstić information content (AvgIpc) is 3.31. The highest BCUT2D eigenvalue weighted by Crippen LogP contribution is 2.38. The van der Waals surface area contributed by atoms with Gasteiger partial charge in [-0.2, -0.15) is 11.3 Å². The molecule has 0 aliphatic carbocycles. The van der Waals surface area contributed by atoms with Crippen LogP contribution >= 0.6 is 11.3 Å². The van der Waals surface area contributed by atoms with Crippen molar-refractivity contribution in [3.05, 3.63) is 35.0 Å². The maximum atomic E-state index is 9.66. The van der Waals surface area contributed by atoms with E-state index in [1.165, 1.54) is 0 Å². The molecule has 0 spiro atoms. The number of pyridine rings is 1. The Balaban J connectivity index is 1.55. The van der Waals surface area contributed by atoms with Crippen molar-refractivity contribution in [1.29, 1.82) is 0 Å². The molecular formula is C23H28N2O4S. The van der Waals surface area contributed by atoms with E-state index in [4.69, 9.17) is 19.2 Å². The quantitative estimate of drug-likeness (QED) is 0.543. The smallest absolute Gasteiger partial charge is 0.162 e. The van der Waals surface area contributed by atoms with Crippen LogP contribution in [0.25, 0.3) is 22.2 Å². The molecular weight excluding hydrogens is 400 g/mol. The first-order valence-corrected chi connectivity index (χ1v) is 11.2. The largest absolute Gasteiger partial charge is 0.493 e. The molecule has 0 radical (unpaired) electrons. The summed E-state index contributed by atoms with van der Waals surface area (Å²) in [5.41, 5.74) is 2.78. The van der Waals surface area contributed by atoms with Gasteiger partial charge in [-0.15, -0.1) is 0 Å². The number of likely N-dealkylation sites (tertiary alicyclic amines) is 1. The third-order valence-electron chi connectivity index (χ3n) is 5.53. The van der Waals surface area contributed by atoms with Crippen LogP contribution in [0.3, 0.4) is 0 Å². The molecule has 0 atom stereocenters. The fourth-order valence-electron chi connectivity index (χ4n) is 3.81. The van der Waals surface area contributed by atoms with Crippen LogP contribution in [-0.2, 0) is 0 Å². The molecule has 1 aromatic carbocycles. The number of rotatable bonds is 8. The fourth-order valence-corrected chi connectivity index (χ4v) is 4.46. The van der Waals surface area contributed by atoms with Crippen LogP contribution in [0.1, 0.15) is 19.3 Å². The van der Waals surface area contributed by atoms with E-state index in [-0.39, 0.29) is 6.10 Å². The molecule has 1 fully saturated rings. The highest BCUT2D eigenvalue weighted by atomic mass is 32.1. The maximum absolute atomic E-state index is 9.66. The molecule has 1 aliphatic heterocycles. The van der Waals surface area contributed by atoms with Gasteiger partial charge in [-0.05, 0) is 36.8 Å². The number of thiophene rings is 1. The molecule has 1 saturated heterocycles. The van der Waals surface area contributed by atoms with Crippen molar-refractivity contribution in [1.82, 2.24) is 9.88 Å².